The number of hydrogen-bond acceptors (Lipinski definition) is 0. The van der Waals surface area contributed by atoms with Gasteiger partial charge in [0, 0.05) is 28.4 Å². The summed E-state index contributed by atoms with van der Waals surface area (Å²) in [4.78, 5) is 0. The Morgan fingerprint density at radius 3 is 1.40 bits per heavy atom. The van der Waals surface area contributed by atoms with E-state index < -0.39 is 0 Å². The molecule has 1 aromatic heterocycles. The van der Waals surface area contributed by atoms with Crippen LogP contribution >= 0.6 is 0 Å². The third-order valence-electron chi connectivity index (χ3n) is 9.55. The second kappa shape index (κ2) is 10.5. The summed E-state index contributed by atoms with van der Waals surface area (Å²) in [6, 6.07) is 51.8. The standard InChI is InChI=1S/C44H37N/c1-5-45-40-25-23-32(27-38(40)39-28-33(44(2,3)4)24-26-41(39)45)29-19-21-31(22-20-29)43-36-17-11-9-15-34(36)42(30-13-7-6-8-14-30)35-16-10-12-18-37(35)43/h6-28H,5H2,1-4H3. The average Bonchev–Trinajstić information content (AvgIpc) is 3.39. The molecule has 218 valence electrons. The molecular weight excluding hydrogens is 542 g/mol. The van der Waals surface area contributed by atoms with Gasteiger partial charge in [-0.2, -0.15) is 0 Å². The van der Waals surface area contributed by atoms with Crippen molar-refractivity contribution in [2.45, 2.75) is 39.7 Å². The minimum absolute atomic E-state index is 0.107. The Kier molecular flexibility index (Phi) is 6.39. The number of hydrogen-bond donors (Lipinski definition) is 0. The van der Waals surface area contributed by atoms with E-state index in [1.807, 2.05) is 0 Å². The van der Waals surface area contributed by atoms with E-state index in [2.05, 4.69) is 172 Å². The topological polar surface area (TPSA) is 4.93 Å². The van der Waals surface area contributed by atoms with Crippen molar-refractivity contribution in [1.29, 1.82) is 0 Å². The summed E-state index contributed by atoms with van der Waals surface area (Å²) in [7, 11) is 0. The number of benzene rings is 7. The number of nitrogens with zero attached hydrogens (tertiary/aromatic N) is 1. The zero-order valence-corrected chi connectivity index (χ0v) is 26.4. The molecule has 1 heteroatoms. The van der Waals surface area contributed by atoms with Crippen molar-refractivity contribution in [2.75, 3.05) is 0 Å². The molecule has 1 nitrogen and oxygen atoms in total. The Bertz CT molecular complexity index is 2310. The van der Waals surface area contributed by atoms with Crippen LogP contribution < -0.4 is 0 Å². The first-order valence-electron chi connectivity index (χ1n) is 16.1. The summed E-state index contributed by atoms with van der Waals surface area (Å²) in [5.74, 6) is 0. The van der Waals surface area contributed by atoms with Crippen LogP contribution in [-0.2, 0) is 12.0 Å². The van der Waals surface area contributed by atoms with Gasteiger partial charge in [-0.15, -0.1) is 0 Å². The van der Waals surface area contributed by atoms with Gasteiger partial charge in [0.15, 0.2) is 0 Å². The van der Waals surface area contributed by atoms with Crippen molar-refractivity contribution in [2.24, 2.45) is 0 Å². The highest BCUT2D eigenvalue weighted by molar-refractivity contribution is 6.21. The molecule has 0 unspecified atom stereocenters. The zero-order valence-electron chi connectivity index (χ0n) is 26.4. The number of rotatable bonds is 4. The van der Waals surface area contributed by atoms with E-state index in [0.717, 1.165) is 6.54 Å². The Balaban J connectivity index is 1.29. The quantitative estimate of drug-likeness (QED) is 0.183. The van der Waals surface area contributed by atoms with Crippen LogP contribution in [0.1, 0.15) is 33.3 Å². The fourth-order valence-electron chi connectivity index (χ4n) is 7.28. The molecule has 0 saturated carbocycles. The molecular formula is C44H37N. The lowest BCUT2D eigenvalue weighted by Gasteiger charge is -2.19. The molecule has 0 fully saturated rings. The van der Waals surface area contributed by atoms with Gasteiger partial charge in [-0.1, -0.05) is 136 Å². The first kappa shape index (κ1) is 27.4. The molecule has 0 amide bonds. The monoisotopic (exact) mass is 579 g/mol. The third-order valence-corrected chi connectivity index (χ3v) is 9.55. The summed E-state index contributed by atoms with van der Waals surface area (Å²) >= 11 is 0. The third kappa shape index (κ3) is 4.46. The first-order chi connectivity index (χ1) is 21.9. The Morgan fingerprint density at radius 1 is 0.422 bits per heavy atom. The van der Waals surface area contributed by atoms with Gasteiger partial charge in [0.05, 0.1) is 0 Å². The highest BCUT2D eigenvalue weighted by atomic mass is 15.0. The maximum atomic E-state index is 2.44. The molecule has 0 aliphatic carbocycles. The van der Waals surface area contributed by atoms with E-state index in [9.17, 15) is 0 Å². The molecule has 0 N–H and O–H groups in total. The number of fused-ring (bicyclic) bond motifs is 5. The normalized spacial score (nSPS) is 12.1. The summed E-state index contributed by atoms with van der Waals surface area (Å²) < 4.78 is 2.44. The number of aromatic nitrogens is 1. The lowest BCUT2D eigenvalue weighted by Crippen LogP contribution is -2.10. The van der Waals surface area contributed by atoms with Crippen LogP contribution in [0, 0.1) is 0 Å². The maximum absolute atomic E-state index is 2.44. The first-order valence-corrected chi connectivity index (χ1v) is 16.1. The summed E-state index contributed by atoms with van der Waals surface area (Å²) in [5.41, 5.74) is 11.7. The lowest BCUT2D eigenvalue weighted by atomic mass is 9.85. The largest absolute Gasteiger partial charge is 0.341 e. The van der Waals surface area contributed by atoms with E-state index in [0.29, 0.717) is 0 Å². The minimum atomic E-state index is 0.107. The van der Waals surface area contributed by atoms with Crippen LogP contribution in [0.15, 0.2) is 140 Å². The molecule has 0 spiro atoms. The number of aryl methyl sites for hydroxylation is 1. The van der Waals surface area contributed by atoms with Gasteiger partial charge in [-0.05, 0) is 97.1 Å². The summed E-state index contributed by atoms with van der Waals surface area (Å²) in [5, 5.41) is 7.81. The van der Waals surface area contributed by atoms with Gasteiger partial charge < -0.3 is 4.57 Å². The molecule has 45 heavy (non-hydrogen) atoms. The maximum Gasteiger partial charge on any atom is 0.0491 e. The molecule has 8 rings (SSSR count). The summed E-state index contributed by atoms with van der Waals surface area (Å²) in [6.45, 7) is 10.1. The van der Waals surface area contributed by atoms with E-state index in [1.165, 1.54) is 82.3 Å². The molecule has 0 bridgehead atoms. The predicted octanol–water partition coefficient (Wildman–Crippen LogP) is 12.4. The van der Waals surface area contributed by atoms with Crippen molar-refractivity contribution in [3.8, 4) is 33.4 Å². The van der Waals surface area contributed by atoms with E-state index in [1.54, 1.807) is 0 Å². The molecule has 7 aromatic carbocycles. The Morgan fingerprint density at radius 2 is 0.867 bits per heavy atom. The van der Waals surface area contributed by atoms with Crippen LogP contribution in [0.5, 0.6) is 0 Å². The second-order valence-electron chi connectivity index (χ2n) is 13.2. The van der Waals surface area contributed by atoms with Crippen molar-refractivity contribution in [1.82, 2.24) is 4.57 Å². The van der Waals surface area contributed by atoms with Crippen LogP contribution in [0.4, 0.5) is 0 Å². The molecule has 0 atom stereocenters. The highest BCUT2D eigenvalue weighted by Crippen LogP contribution is 2.44. The van der Waals surface area contributed by atoms with E-state index in [4.69, 9.17) is 0 Å². The Hall–Kier alpha value is -5.14. The van der Waals surface area contributed by atoms with Crippen molar-refractivity contribution < 1.29 is 0 Å². The fourth-order valence-corrected chi connectivity index (χ4v) is 7.28. The summed E-state index contributed by atoms with van der Waals surface area (Å²) in [6.07, 6.45) is 0. The highest BCUT2D eigenvalue weighted by Gasteiger charge is 2.19. The van der Waals surface area contributed by atoms with Crippen molar-refractivity contribution in [3.05, 3.63) is 145 Å². The van der Waals surface area contributed by atoms with E-state index in [-0.39, 0.29) is 5.41 Å². The molecule has 0 aliphatic rings. The van der Waals surface area contributed by atoms with Gasteiger partial charge in [0.2, 0.25) is 0 Å². The van der Waals surface area contributed by atoms with Gasteiger partial charge in [0.25, 0.3) is 0 Å². The average molecular weight is 580 g/mol. The molecule has 8 aromatic rings. The molecule has 1 heterocycles. The van der Waals surface area contributed by atoms with Crippen molar-refractivity contribution in [3.63, 3.8) is 0 Å². The van der Waals surface area contributed by atoms with Crippen LogP contribution in [0.2, 0.25) is 0 Å². The smallest absolute Gasteiger partial charge is 0.0491 e. The van der Waals surface area contributed by atoms with Gasteiger partial charge >= 0.3 is 0 Å². The fraction of sp³-hybridized carbons (Fsp3) is 0.136. The van der Waals surface area contributed by atoms with E-state index >= 15 is 0 Å². The molecule has 0 aliphatic heterocycles. The van der Waals surface area contributed by atoms with Crippen LogP contribution in [0.25, 0.3) is 76.7 Å². The van der Waals surface area contributed by atoms with Crippen LogP contribution in [0.3, 0.4) is 0 Å². The second-order valence-corrected chi connectivity index (χ2v) is 13.2. The van der Waals surface area contributed by atoms with Gasteiger partial charge in [0.1, 0.15) is 0 Å². The van der Waals surface area contributed by atoms with Crippen molar-refractivity contribution >= 4 is 43.4 Å². The minimum Gasteiger partial charge on any atom is -0.341 e. The van der Waals surface area contributed by atoms with Gasteiger partial charge in [-0.3, -0.25) is 0 Å². The predicted molar refractivity (Wildman–Crippen MR) is 195 cm³/mol. The lowest BCUT2D eigenvalue weighted by molar-refractivity contribution is 0.591. The molecule has 0 radical (unpaired) electrons. The molecule has 0 saturated heterocycles. The SMILES string of the molecule is CCn1c2ccc(-c3ccc(-c4c5ccccc5c(-c5ccccc5)c5ccccc45)cc3)cc2c2cc(C(C)(C)C)ccc21. The zero-order chi connectivity index (χ0) is 30.7. The Labute approximate surface area is 265 Å². The van der Waals surface area contributed by atoms with Crippen LogP contribution in [-0.4, -0.2) is 4.57 Å². The van der Waals surface area contributed by atoms with Gasteiger partial charge in [-0.25, -0.2) is 0 Å².